The monoisotopic (exact) mass is 575 g/mol. The van der Waals surface area contributed by atoms with Gasteiger partial charge in [0.05, 0.1) is 0 Å². The number of aromatic nitrogens is 1. The number of amides is 3. The zero-order chi connectivity index (χ0) is 30.3. The summed E-state index contributed by atoms with van der Waals surface area (Å²) in [4.78, 5) is 47.9. The highest BCUT2D eigenvalue weighted by atomic mass is 16.6. The number of benzene rings is 2. The van der Waals surface area contributed by atoms with Crippen LogP contribution in [-0.2, 0) is 20.7 Å². The van der Waals surface area contributed by atoms with Crippen LogP contribution in [0.25, 0.3) is 10.9 Å². The van der Waals surface area contributed by atoms with Crippen molar-refractivity contribution in [2.45, 2.75) is 77.0 Å². The molecule has 3 amide bonds. The fourth-order valence-corrected chi connectivity index (χ4v) is 5.63. The maximum absolute atomic E-state index is 14.2. The van der Waals surface area contributed by atoms with Crippen molar-refractivity contribution in [3.8, 4) is 0 Å². The van der Waals surface area contributed by atoms with Crippen molar-refractivity contribution in [1.29, 1.82) is 0 Å². The number of unbranched alkanes of at least 4 members (excludes halogenated alkanes) is 1. The van der Waals surface area contributed by atoms with Crippen molar-refractivity contribution < 1.29 is 19.1 Å². The van der Waals surface area contributed by atoms with Crippen molar-refractivity contribution in [3.63, 3.8) is 0 Å². The van der Waals surface area contributed by atoms with Crippen LogP contribution in [0, 0.1) is 0 Å². The number of rotatable bonds is 13. The molecular weight excluding hydrogens is 530 g/mol. The molecule has 3 atom stereocenters. The second kappa shape index (κ2) is 13.9. The molecule has 1 aromatic heterocycles. The number of hydrogen-bond acceptors (Lipinski definition) is 5. The molecule has 1 aliphatic rings. The van der Waals surface area contributed by atoms with Gasteiger partial charge in [-0.15, -0.1) is 0 Å². The predicted octanol–water partition coefficient (Wildman–Crippen LogP) is 4.58. The van der Waals surface area contributed by atoms with Crippen molar-refractivity contribution in [1.82, 2.24) is 20.1 Å². The normalized spacial score (nSPS) is 16.0. The van der Waals surface area contributed by atoms with Crippen LogP contribution < -0.4 is 11.1 Å². The topological polar surface area (TPSA) is 121 Å². The molecule has 4 rings (SSSR count). The van der Waals surface area contributed by atoms with Crippen LogP contribution in [0.2, 0.25) is 0 Å². The van der Waals surface area contributed by atoms with Crippen LogP contribution in [0.3, 0.4) is 0 Å². The third kappa shape index (κ3) is 7.70. The van der Waals surface area contributed by atoms with Gasteiger partial charge in [0.1, 0.15) is 17.7 Å². The van der Waals surface area contributed by atoms with Crippen LogP contribution in [0.5, 0.6) is 0 Å². The number of aromatic amines is 1. The number of nitrogens with zero attached hydrogens (tertiary/aromatic N) is 2. The summed E-state index contributed by atoms with van der Waals surface area (Å²) in [5, 5.41) is 3.98. The Morgan fingerprint density at radius 3 is 2.48 bits per heavy atom. The number of carbonyl (C=O) groups is 3. The zero-order valence-electron chi connectivity index (χ0n) is 25.3. The lowest BCUT2D eigenvalue weighted by Crippen LogP contribution is -2.55. The Bertz CT molecular complexity index is 1350. The Morgan fingerprint density at radius 2 is 1.76 bits per heavy atom. The van der Waals surface area contributed by atoms with Crippen LogP contribution in [0.1, 0.15) is 64.0 Å². The minimum absolute atomic E-state index is 0.172. The predicted molar refractivity (Wildman–Crippen MR) is 165 cm³/mol. The second-order valence-corrected chi connectivity index (χ2v) is 12.1. The molecule has 2 heterocycles. The standard InChI is InChI=1S/C33H45N5O4/c1-23(26-22-35-27-15-9-8-14-25(26)27)29(30(39)36-28(16-10-11-18-34)31(40)42-33(2,3)4)38-21-20-37(32(38)41)19-17-24-12-6-5-7-13-24/h5-9,12-15,22-23,28-29,35H,10-11,16-21,34H2,1-4H3,(H,36,39)/t23-,28+,29+/m0/s1. The Morgan fingerprint density at radius 1 is 1.05 bits per heavy atom. The average molecular weight is 576 g/mol. The first kappa shape index (κ1) is 31.1. The first-order valence-corrected chi connectivity index (χ1v) is 15.0. The number of esters is 1. The van der Waals surface area contributed by atoms with E-state index in [0.717, 1.165) is 34.9 Å². The number of carbonyl (C=O) groups excluding carboxylic acids is 3. The lowest BCUT2D eigenvalue weighted by atomic mass is 9.91. The molecule has 0 spiro atoms. The van der Waals surface area contributed by atoms with E-state index in [-0.39, 0.29) is 17.9 Å². The summed E-state index contributed by atoms with van der Waals surface area (Å²) in [6, 6.07) is 16.1. The highest BCUT2D eigenvalue weighted by Gasteiger charge is 2.42. The van der Waals surface area contributed by atoms with Gasteiger partial charge in [0.25, 0.3) is 0 Å². The van der Waals surface area contributed by atoms with E-state index >= 15 is 0 Å². The number of urea groups is 1. The molecule has 0 unspecified atom stereocenters. The van der Waals surface area contributed by atoms with E-state index < -0.39 is 23.7 Å². The van der Waals surface area contributed by atoms with Gasteiger partial charge in [0, 0.05) is 42.7 Å². The van der Waals surface area contributed by atoms with Gasteiger partial charge in [0.2, 0.25) is 5.91 Å². The van der Waals surface area contributed by atoms with Crippen LogP contribution in [0.4, 0.5) is 4.79 Å². The lowest BCUT2D eigenvalue weighted by molar-refractivity contribution is -0.159. The summed E-state index contributed by atoms with van der Waals surface area (Å²) in [6.45, 7) is 9.39. The number of ether oxygens (including phenoxy) is 1. The molecule has 1 saturated heterocycles. The second-order valence-electron chi connectivity index (χ2n) is 12.1. The summed E-state index contributed by atoms with van der Waals surface area (Å²) in [5.41, 5.74) is 8.06. The molecule has 2 aromatic carbocycles. The van der Waals surface area contributed by atoms with E-state index in [1.807, 2.05) is 60.5 Å². The van der Waals surface area contributed by atoms with E-state index in [1.165, 1.54) is 0 Å². The minimum atomic E-state index is -0.840. The van der Waals surface area contributed by atoms with Crippen LogP contribution in [0.15, 0.2) is 60.8 Å². The van der Waals surface area contributed by atoms with E-state index in [1.54, 1.807) is 25.7 Å². The van der Waals surface area contributed by atoms with E-state index in [4.69, 9.17) is 10.5 Å². The Kier molecular flexibility index (Phi) is 10.3. The van der Waals surface area contributed by atoms with Crippen molar-refractivity contribution in [3.05, 3.63) is 71.9 Å². The molecule has 9 nitrogen and oxygen atoms in total. The van der Waals surface area contributed by atoms with Gasteiger partial charge in [-0.25, -0.2) is 9.59 Å². The molecule has 42 heavy (non-hydrogen) atoms. The summed E-state index contributed by atoms with van der Waals surface area (Å²) in [6.07, 6.45) is 4.45. The van der Waals surface area contributed by atoms with Crippen molar-refractivity contribution in [2.75, 3.05) is 26.2 Å². The first-order chi connectivity index (χ1) is 20.1. The number of hydrogen-bond donors (Lipinski definition) is 3. The number of para-hydroxylation sites is 1. The van der Waals surface area contributed by atoms with Gasteiger partial charge in [-0.05, 0) is 70.2 Å². The number of nitrogens with one attached hydrogen (secondary N) is 2. The van der Waals surface area contributed by atoms with Gasteiger partial charge in [-0.3, -0.25) is 4.79 Å². The van der Waals surface area contributed by atoms with E-state index in [0.29, 0.717) is 39.0 Å². The SMILES string of the molecule is C[C@@H](c1c[nH]c2ccccc12)[C@H](C(=O)N[C@H](CCCCN)C(=O)OC(C)(C)C)N1CCN(CCc2ccccc2)C1=O. The zero-order valence-corrected chi connectivity index (χ0v) is 25.3. The van der Waals surface area contributed by atoms with Gasteiger partial charge >= 0.3 is 12.0 Å². The van der Waals surface area contributed by atoms with Crippen LogP contribution in [-0.4, -0.2) is 76.6 Å². The molecule has 3 aromatic rings. The lowest BCUT2D eigenvalue weighted by Gasteiger charge is -2.33. The molecule has 9 heteroatoms. The van der Waals surface area contributed by atoms with Crippen LogP contribution >= 0.6 is 0 Å². The average Bonchev–Trinajstić information content (AvgIpc) is 3.55. The molecule has 0 saturated carbocycles. The van der Waals surface area contributed by atoms with Crippen molar-refractivity contribution >= 4 is 28.8 Å². The molecular formula is C33H45N5O4. The molecule has 1 fully saturated rings. The summed E-state index contributed by atoms with van der Waals surface area (Å²) in [7, 11) is 0. The molecule has 226 valence electrons. The molecule has 0 bridgehead atoms. The van der Waals surface area contributed by atoms with Gasteiger partial charge in [0.15, 0.2) is 0 Å². The fourth-order valence-electron chi connectivity index (χ4n) is 5.63. The maximum Gasteiger partial charge on any atom is 0.329 e. The molecule has 4 N–H and O–H groups in total. The number of fused-ring (bicyclic) bond motifs is 1. The molecule has 0 aliphatic carbocycles. The van der Waals surface area contributed by atoms with E-state index in [9.17, 15) is 14.4 Å². The fraction of sp³-hybridized carbons (Fsp3) is 0.485. The minimum Gasteiger partial charge on any atom is -0.458 e. The third-order valence-electron chi connectivity index (χ3n) is 7.78. The first-order valence-electron chi connectivity index (χ1n) is 15.0. The summed E-state index contributed by atoms with van der Waals surface area (Å²) in [5.74, 6) is -1.19. The summed E-state index contributed by atoms with van der Waals surface area (Å²) < 4.78 is 5.66. The Balaban J connectivity index is 1.60. The smallest absolute Gasteiger partial charge is 0.329 e. The van der Waals surface area contributed by atoms with E-state index in [2.05, 4.69) is 22.4 Å². The highest BCUT2D eigenvalue weighted by molar-refractivity contribution is 5.93. The summed E-state index contributed by atoms with van der Waals surface area (Å²) >= 11 is 0. The van der Waals surface area contributed by atoms with Gasteiger partial charge in [-0.2, -0.15) is 0 Å². The number of H-pyrrole nitrogens is 1. The third-order valence-corrected chi connectivity index (χ3v) is 7.78. The Hall–Kier alpha value is -3.85. The van der Waals surface area contributed by atoms with Gasteiger partial charge in [-0.1, -0.05) is 55.5 Å². The molecule has 1 aliphatic heterocycles. The largest absolute Gasteiger partial charge is 0.458 e. The highest BCUT2D eigenvalue weighted by Crippen LogP contribution is 2.32. The maximum atomic E-state index is 14.2. The Labute approximate surface area is 248 Å². The van der Waals surface area contributed by atoms with Crippen molar-refractivity contribution in [2.24, 2.45) is 5.73 Å². The molecule has 0 radical (unpaired) electrons. The number of nitrogens with two attached hydrogens (primary N) is 1. The quantitative estimate of drug-likeness (QED) is 0.204. The van der Waals surface area contributed by atoms with Gasteiger partial charge < -0.3 is 30.6 Å².